The zero-order valence-electron chi connectivity index (χ0n) is 20.8. The summed E-state index contributed by atoms with van der Waals surface area (Å²) in [6.45, 7) is 3.87. The quantitative estimate of drug-likeness (QED) is 0.333. The standard InChI is InChI=1S/C29H27N7O/c1-18-26(21-7-9-23(37-2)10-8-21)35-27(33-18)22-11-13-36(14-12-22)29-24-15-25(34-28(24)31-17-32-29)20-5-3-19(16-30)4-6-20/h3-10,15,17,22H,11-14H2,1-2H3,(H,33,35)(H,31,32,34). The Morgan fingerprint density at radius 2 is 1.70 bits per heavy atom. The van der Waals surface area contributed by atoms with Crippen molar-refractivity contribution in [2.45, 2.75) is 25.7 Å². The van der Waals surface area contributed by atoms with E-state index in [-0.39, 0.29) is 0 Å². The van der Waals surface area contributed by atoms with Gasteiger partial charge in [-0.3, -0.25) is 0 Å². The van der Waals surface area contributed by atoms with Crippen LogP contribution in [0.2, 0.25) is 0 Å². The normalized spacial score (nSPS) is 14.1. The molecule has 8 nitrogen and oxygen atoms in total. The summed E-state index contributed by atoms with van der Waals surface area (Å²) in [5.74, 6) is 3.23. The van der Waals surface area contributed by atoms with Gasteiger partial charge in [0.1, 0.15) is 29.4 Å². The first-order chi connectivity index (χ1) is 18.1. The van der Waals surface area contributed by atoms with E-state index in [1.54, 1.807) is 13.4 Å². The van der Waals surface area contributed by atoms with Crippen LogP contribution in [0.15, 0.2) is 60.9 Å². The number of nitrogens with one attached hydrogen (secondary N) is 2. The van der Waals surface area contributed by atoms with Crippen LogP contribution >= 0.6 is 0 Å². The molecule has 0 amide bonds. The fraction of sp³-hybridized carbons (Fsp3) is 0.241. The molecule has 8 heteroatoms. The van der Waals surface area contributed by atoms with Gasteiger partial charge in [0.2, 0.25) is 0 Å². The lowest BCUT2D eigenvalue weighted by atomic mass is 9.96. The number of benzene rings is 2. The molecule has 0 aliphatic carbocycles. The first-order valence-electron chi connectivity index (χ1n) is 12.4. The van der Waals surface area contributed by atoms with Gasteiger partial charge in [-0.05, 0) is 67.8 Å². The number of hydrogen-bond acceptors (Lipinski definition) is 6. The zero-order chi connectivity index (χ0) is 25.4. The van der Waals surface area contributed by atoms with Crippen molar-refractivity contribution in [3.05, 3.63) is 78.0 Å². The molecule has 5 aromatic rings. The van der Waals surface area contributed by atoms with Gasteiger partial charge < -0.3 is 19.6 Å². The van der Waals surface area contributed by atoms with Gasteiger partial charge >= 0.3 is 0 Å². The number of aromatic amines is 2. The van der Waals surface area contributed by atoms with Crippen LogP contribution in [-0.2, 0) is 0 Å². The molecule has 37 heavy (non-hydrogen) atoms. The molecule has 6 rings (SSSR count). The van der Waals surface area contributed by atoms with Crippen molar-refractivity contribution in [2.75, 3.05) is 25.1 Å². The second-order valence-electron chi connectivity index (χ2n) is 9.42. The van der Waals surface area contributed by atoms with Crippen molar-refractivity contribution in [3.63, 3.8) is 0 Å². The number of methoxy groups -OCH3 is 1. The Morgan fingerprint density at radius 1 is 0.973 bits per heavy atom. The summed E-state index contributed by atoms with van der Waals surface area (Å²) in [4.78, 5) is 23.4. The summed E-state index contributed by atoms with van der Waals surface area (Å²) >= 11 is 0. The largest absolute Gasteiger partial charge is 0.497 e. The summed E-state index contributed by atoms with van der Waals surface area (Å²) in [6, 6.07) is 19.9. The topological polar surface area (TPSA) is 107 Å². The third-order valence-corrected chi connectivity index (χ3v) is 7.18. The lowest BCUT2D eigenvalue weighted by Crippen LogP contribution is -2.33. The number of imidazole rings is 1. The van der Waals surface area contributed by atoms with E-state index in [9.17, 15) is 0 Å². The molecule has 0 atom stereocenters. The molecule has 1 aliphatic heterocycles. The highest BCUT2D eigenvalue weighted by molar-refractivity contribution is 5.92. The average molecular weight is 490 g/mol. The molecular weight excluding hydrogens is 462 g/mol. The molecular formula is C29H27N7O. The van der Waals surface area contributed by atoms with Crippen LogP contribution < -0.4 is 9.64 Å². The number of aryl methyl sites for hydroxylation is 1. The van der Waals surface area contributed by atoms with Crippen LogP contribution in [-0.4, -0.2) is 45.1 Å². The SMILES string of the molecule is COc1ccc(-c2nc(C3CCN(c4ncnc5[nH]c(-c6ccc(C#N)cc6)cc45)CC3)[nH]c2C)cc1. The van der Waals surface area contributed by atoms with Crippen molar-refractivity contribution < 1.29 is 4.74 Å². The van der Waals surface area contributed by atoms with E-state index in [2.05, 4.69) is 56.0 Å². The van der Waals surface area contributed by atoms with Crippen molar-refractivity contribution >= 4 is 16.9 Å². The van der Waals surface area contributed by atoms with Crippen LogP contribution in [0.4, 0.5) is 5.82 Å². The first-order valence-corrected chi connectivity index (χ1v) is 12.4. The van der Waals surface area contributed by atoms with E-state index in [4.69, 9.17) is 15.0 Å². The smallest absolute Gasteiger partial charge is 0.143 e. The Morgan fingerprint density at radius 3 is 2.41 bits per heavy atom. The number of nitriles is 1. The van der Waals surface area contributed by atoms with Gasteiger partial charge in [0.25, 0.3) is 0 Å². The maximum atomic E-state index is 9.08. The highest BCUT2D eigenvalue weighted by Gasteiger charge is 2.26. The van der Waals surface area contributed by atoms with E-state index in [1.165, 1.54) is 0 Å². The van der Waals surface area contributed by atoms with Gasteiger partial charge in [0.15, 0.2) is 0 Å². The average Bonchev–Trinajstić information content (AvgIpc) is 3.57. The van der Waals surface area contributed by atoms with Crippen LogP contribution in [0.25, 0.3) is 33.5 Å². The summed E-state index contributed by atoms with van der Waals surface area (Å²) in [5.41, 5.74) is 6.62. The van der Waals surface area contributed by atoms with Gasteiger partial charge in [-0.1, -0.05) is 12.1 Å². The third-order valence-electron chi connectivity index (χ3n) is 7.18. The molecule has 3 aromatic heterocycles. The second kappa shape index (κ2) is 9.43. The van der Waals surface area contributed by atoms with E-state index < -0.39 is 0 Å². The Kier molecular flexibility index (Phi) is 5.81. The van der Waals surface area contributed by atoms with Crippen molar-refractivity contribution in [1.82, 2.24) is 24.9 Å². The fourth-order valence-electron chi connectivity index (χ4n) is 5.13. The van der Waals surface area contributed by atoms with E-state index in [0.29, 0.717) is 11.5 Å². The van der Waals surface area contributed by atoms with Crippen molar-refractivity contribution in [1.29, 1.82) is 5.26 Å². The second-order valence-corrected chi connectivity index (χ2v) is 9.42. The summed E-state index contributed by atoms with van der Waals surface area (Å²) < 4.78 is 5.29. The van der Waals surface area contributed by atoms with Crippen LogP contribution in [0.3, 0.4) is 0 Å². The number of H-pyrrole nitrogens is 2. The summed E-state index contributed by atoms with van der Waals surface area (Å²) in [6.07, 6.45) is 3.61. The highest BCUT2D eigenvalue weighted by Crippen LogP contribution is 2.34. The monoisotopic (exact) mass is 489 g/mol. The van der Waals surface area contributed by atoms with Crippen molar-refractivity contribution in [2.24, 2.45) is 0 Å². The molecule has 2 aromatic carbocycles. The predicted octanol–water partition coefficient (Wildman–Crippen LogP) is 5.59. The number of nitrogens with zero attached hydrogens (tertiary/aromatic N) is 5. The molecule has 0 spiro atoms. The predicted molar refractivity (Wildman–Crippen MR) is 144 cm³/mol. The minimum absolute atomic E-state index is 0.375. The lowest BCUT2D eigenvalue weighted by Gasteiger charge is -2.32. The van der Waals surface area contributed by atoms with Gasteiger partial charge in [-0.15, -0.1) is 0 Å². The van der Waals surface area contributed by atoms with E-state index >= 15 is 0 Å². The van der Waals surface area contributed by atoms with E-state index in [0.717, 1.165) is 82.6 Å². The number of rotatable bonds is 5. The number of anilines is 1. The van der Waals surface area contributed by atoms with Gasteiger partial charge in [0, 0.05) is 36.0 Å². The van der Waals surface area contributed by atoms with Crippen LogP contribution in [0, 0.1) is 18.3 Å². The Bertz CT molecular complexity index is 1580. The fourth-order valence-corrected chi connectivity index (χ4v) is 5.13. The number of fused-ring (bicyclic) bond motifs is 1. The maximum Gasteiger partial charge on any atom is 0.143 e. The van der Waals surface area contributed by atoms with Gasteiger partial charge in [-0.25, -0.2) is 15.0 Å². The number of ether oxygens (including phenoxy) is 1. The Balaban J connectivity index is 1.20. The molecule has 0 bridgehead atoms. The molecule has 0 unspecified atom stereocenters. The maximum absolute atomic E-state index is 9.08. The zero-order valence-corrected chi connectivity index (χ0v) is 20.8. The molecule has 0 radical (unpaired) electrons. The lowest BCUT2D eigenvalue weighted by molar-refractivity contribution is 0.415. The molecule has 4 heterocycles. The minimum Gasteiger partial charge on any atom is -0.497 e. The third kappa shape index (κ3) is 4.29. The van der Waals surface area contributed by atoms with Crippen LogP contribution in [0.1, 0.15) is 35.8 Å². The van der Waals surface area contributed by atoms with Gasteiger partial charge in [-0.2, -0.15) is 5.26 Å². The number of piperidine rings is 1. The minimum atomic E-state index is 0.375. The van der Waals surface area contributed by atoms with Crippen molar-refractivity contribution in [3.8, 4) is 34.3 Å². The molecule has 1 fully saturated rings. The molecule has 0 saturated carbocycles. The molecule has 184 valence electrons. The highest BCUT2D eigenvalue weighted by atomic mass is 16.5. The van der Waals surface area contributed by atoms with E-state index in [1.807, 2.05) is 36.4 Å². The molecule has 2 N–H and O–H groups in total. The molecule has 1 saturated heterocycles. The first kappa shape index (κ1) is 22.8. The Labute approximate surface area is 215 Å². The Hall–Kier alpha value is -4.64. The van der Waals surface area contributed by atoms with Crippen LogP contribution in [0.5, 0.6) is 5.75 Å². The summed E-state index contributed by atoms with van der Waals surface area (Å²) in [7, 11) is 1.68. The van der Waals surface area contributed by atoms with Gasteiger partial charge in [0.05, 0.1) is 29.8 Å². The number of hydrogen-bond donors (Lipinski definition) is 2. The number of aromatic nitrogens is 5. The molecule has 1 aliphatic rings. The summed E-state index contributed by atoms with van der Waals surface area (Å²) in [5, 5.41) is 10.1.